The van der Waals surface area contributed by atoms with E-state index in [0.29, 0.717) is 46.6 Å². The van der Waals surface area contributed by atoms with Crippen molar-refractivity contribution in [2.45, 2.75) is 263 Å². The Balaban J connectivity index is 0.000000488. The van der Waals surface area contributed by atoms with Gasteiger partial charge >= 0.3 is 151 Å². The van der Waals surface area contributed by atoms with Gasteiger partial charge in [-0.2, -0.15) is 0 Å². The summed E-state index contributed by atoms with van der Waals surface area (Å²) in [7, 11) is 32.6. The van der Waals surface area contributed by atoms with Crippen molar-refractivity contribution < 1.29 is 83.4 Å². The fraction of sp³-hybridized carbons (Fsp3) is 0.493. The standard InChI is InChI=1S/C36H40Si.C32H48Si.C30H44Si.C28H40Si.8CH3.8ClH.4Zr/c1-3-15-27-25-35(33-23-13-11-21-31(27)33)37(29-17-7-5-8-18-29,30-19-9-6-10-20-30)36-26-28(16-4-2)32-22-12-14-24-34(32)36;1-5-9-21-33(22-10-6-2,31-23-25(15-7-3)27-17-11-13-19-29(27)31)32-24-26(16-8-4)28-18-12-14-20-30(28)32;1-5-13-23-21-29(27-17-11-9-15-25(23)27)31(19-7-3,20-8-4)30-22-24(14-6-2)26-16-10-12-18-28(26)30;1-5-13-21-19-27(25-17-11-9-15-23(21)25)29(7-3,8-4)28-20-22(14-6-2)24-16-10-12-18-26(24)28;;;;;;;;;;;;;;;;;;;;/h3-14,17-24,27-28,31-36H,1-2,15-16,25-26H2;7-8,11-14,17-20,25-32H,3-6,9-10,15-16,21-24H2,1-2H3;5-6,9-12,15-18,23-30H,1-2,7-8,13-14,19-22H2,3-4H3;5-6,9-12,15-18,21-28H,1-2,7-8,13-14,19-20H2,3-4H3;8*1H3;8*1H;;;;/q;;;;8*-1;;;;;;;;;4*+4/p-8. The van der Waals surface area contributed by atoms with Gasteiger partial charge in [-0.3, -0.25) is 0 Å². The normalized spacial score (nSPS) is 32.3. The molecule has 820 valence electrons. The molecule has 16 heteroatoms. The zero-order valence-corrected chi connectivity index (χ0v) is 115. The number of benzene rings is 2. The summed E-state index contributed by atoms with van der Waals surface area (Å²) >= 11 is -3.30. The van der Waals surface area contributed by atoms with E-state index in [0.717, 1.165) is 153 Å². The second-order valence-corrected chi connectivity index (χ2v) is 79.0. The molecule has 8 fully saturated rings. The average Bonchev–Trinajstić information content (AvgIpc) is 1.53. The third kappa shape index (κ3) is 33.2. The van der Waals surface area contributed by atoms with Crippen LogP contribution in [0.15, 0.2) is 356 Å². The van der Waals surface area contributed by atoms with Crippen LogP contribution in [-0.2, 0) is 83.4 Å². The number of rotatable bonds is 38. The minimum atomic E-state index is -2.28. The van der Waals surface area contributed by atoms with Gasteiger partial charge in [0.1, 0.15) is 8.07 Å². The van der Waals surface area contributed by atoms with E-state index in [1.165, 1.54) is 153 Å². The number of hydrogen-bond acceptors (Lipinski definition) is 0. The summed E-state index contributed by atoms with van der Waals surface area (Å²) < 4.78 is 0. The molecule has 0 amide bonds. The van der Waals surface area contributed by atoms with Crippen LogP contribution >= 0.6 is 68.1 Å². The molecular formula is C134H196Cl8Si4Zr4. The van der Waals surface area contributed by atoms with Crippen LogP contribution in [0.3, 0.4) is 0 Å². The molecule has 0 bridgehead atoms. The van der Waals surface area contributed by atoms with Crippen molar-refractivity contribution in [1.29, 1.82) is 0 Å². The fourth-order valence-corrected chi connectivity index (χ4v) is 64.3. The van der Waals surface area contributed by atoms with Crippen LogP contribution in [0.5, 0.6) is 0 Å². The molecule has 2 aromatic carbocycles. The maximum atomic E-state index is 4.93. The van der Waals surface area contributed by atoms with Crippen LogP contribution in [0.4, 0.5) is 0 Å². The molecule has 2 aromatic rings. The van der Waals surface area contributed by atoms with Gasteiger partial charge in [0, 0.05) is 0 Å². The van der Waals surface area contributed by atoms with E-state index in [1.807, 2.05) is 0 Å². The first-order chi connectivity index (χ1) is 69.5. The first-order valence-corrected chi connectivity index (χ1v) is 90.4. The molecule has 32 atom stereocenters. The van der Waals surface area contributed by atoms with Gasteiger partial charge in [0.15, 0.2) is 0 Å². The molecule has 0 saturated heterocycles. The Morgan fingerprint density at radius 3 is 0.533 bits per heavy atom. The van der Waals surface area contributed by atoms with E-state index >= 15 is 0 Å². The van der Waals surface area contributed by atoms with Gasteiger partial charge < -0.3 is 59.4 Å². The Bertz CT molecular complexity index is 4470. The molecule has 18 rings (SSSR count). The monoisotopic (exact) mass is 2560 g/mol. The maximum absolute atomic E-state index is 4.93. The summed E-state index contributed by atoms with van der Waals surface area (Å²) in [4.78, 5) is 0. The van der Waals surface area contributed by atoms with Gasteiger partial charge in [0.05, 0.1) is 24.2 Å². The van der Waals surface area contributed by atoms with Crippen LogP contribution < -0.4 is 10.4 Å². The zero-order chi connectivity index (χ0) is 102. The summed E-state index contributed by atoms with van der Waals surface area (Å²) in [6.45, 7) is 47.9. The molecule has 0 N–H and O–H groups in total. The number of hydrogen-bond donors (Lipinski definition) is 0. The van der Waals surface area contributed by atoms with Crippen LogP contribution in [0.1, 0.15) is 183 Å². The topological polar surface area (TPSA) is 0 Å². The van der Waals surface area contributed by atoms with Gasteiger partial charge in [-0.15, -0.1) is 52.6 Å². The third-order valence-corrected chi connectivity index (χ3v) is 65.7. The van der Waals surface area contributed by atoms with Crippen LogP contribution in [0, 0.1) is 201 Å². The second kappa shape index (κ2) is 74.6. The molecule has 0 aliphatic heterocycles. The number of unbranched alkanes of at least 4 members (excludes halogenated alkanes) is 2. The minimum absolute atomic E-state index is 0. The predicted molar refractivity (Wildman–Crippen MR) is 679 cm³/mol. The van der Waals surface area contributed by atoms with Crippen LogP contribution in [-0.4, -0.2) is 32.3 Å². The van der Waals surface area contributed by atoms with Crippen molar-refractivity contribution in [2.24, 2.45) is 142 Å². The second-order valence-electron chi connectivity index (χ2n) is 44.4. The van der Waals surface area contributed by atoms with Crippen molar-refractivity contribution in [3.8, 4) is 0 Å². The van der Waals surface area contributed by atoms with Crippen LogP contribution in [0.25, 0.3) is 0 Å². The summed E-state index contributed by atoms with van der Waals surface area (Å²) in [5, 5.41) is 3.27. The van der Waals surface area contributed by atoms with Crippen molar-refractivity contribution in [3.63, 3.8) is 0 Å². The van der Waals surface area contributed by atoms with E-state index < -0.39 is 116 Å². The number of allylic oxidation sites excluding steroid dienone is 40. The molecule has 0 nitrogen and oxygen atoms in total. The molecular weight excluding hydrogens is 2370 g/mol. The molecule has 0 spiro atoms. The predicted octanol–water partition coefficient (Wildman–Crippen LogP) is 43.7. The molecule has 0 radical (unpaired) electrons. The third-order valence-electron chi connectivity index (χ3n) is 38.9. The SMILES string of the molecule is C=CCC1CC([Si](CC)(CC)C2CC(CC=C)C3C=CC=CC32)C2C=CC=CC12.C=CCC1CC([Si](CCC)(CCC)C2CC(CC=C)C3C=CC=CC32)C2C=CC=CC12.C=CCC1CC([Si](CCCC)(CCCC)C2CC(CC=C)C3C=CC=CC32)C2C=CC=CC12.C=CCC1CC([Si](c2ccccc2)(c2ccccc2)C2CC(CC=C)C3C=CC=CC32)C2C=CC=CC12.[CH3-].[CH3-].[CH3-].[CH3-].[CH3-].[CH3-].[CH3-].[CH3-].[Cl][Zr+2][Cl].[Cl][Zr+2][Cl].[Cl][Zr+2][Cl].[Cl][Zr+2][Cl]. The van der Waals surface area contributed by atoms with Crippen molar-refractivity contribution in [3.05, 3.63) is 416 Å². The molecule has 8 saturated carbocycles. The first kappa shape index (κ1) is 143. The van der Waals surface area contributed by atoms with E-state index in [2.05, 4.69) is 398 Å². The summed E-state index contributed by atoms with van der Waals surface area (Å²) in [5.74, 6) is 17.7. The van der Waals surface area contributed by atoms with Crippen molar-refractivity contribution >= 4 is 111 Å². The molecule has 0 aromatic heterocycles. The Morgan fingerprint density at radius 2 is 0.373 bits per heavy atom. The zero-order valence-electron chi connectivity index (χ0n) is 94.8. The summed E-state index contributed by atoms with van der Waals surface area (Å²) in [6.07, 6.45) is 125. The van der Waals surface area contributed by atoms with Gasteiger partial charge in [0.25, 0.3) is 0 Å². The molecule has 16 aliphatic rings. The fourth-order valence-electron chi connectivity index (χ4n) is 34.2. The van der Waals surface area contributed by atoms with Crippen molar-refractivity contribution in [1.82, 2.24) is 0 Å². The molecule has 32 unspecified atom stereocenters. The summed E-state index contributed by atoms with van der Waals surface area (Å²) in [5.41, 5.74) is 6.97. The molecule has 0 heterocycles. The Hall–Kier alpha value is -1.08. The Labute approximate surface area is 1000 Å². The van der Waals surface area contributed by atoms with E-state index in [1.54, 1.807) is 22.5 Å². The van der Waals surface area contributed by atoms with E-state index in [-0.39, 0.29) is 59.4 Å². The van der Waals surface area contributed by atoms with E-state index in [4.69, 9.17) is 68.1 Å². The Morgan fingerprint density at radius 1 is 0.220 bits per heavy atom. The Kier molecular flexibility index (Phi) is 71.1. The van der Waals surface area contributed by atoms with Crippen molar-refractivity contribution in [2.75, 3.05) is 0 Å². The van der Waals surface area contributed by atoms with Crippen LogP contribution in [0.2, 0.25) is 80.6 Å². The average molecular weight is 2570 g/mol. The quantitative estimate of drug-likeness (QED) is 0.0357. The number of halogens is 8. The van der Waals surface area contributed by atoms with Gasteiger partial charge in [-0.05, 0) is 289 Å². The van der Waals surface area contributed by atoms with Gasteiger partial charge in [-0.1, -0.05) is 430 Å². The number of fused-ring (bicyclic) bond motifs is 8. The molecule has 16 aliphatic carbocycles. The van der Waals surface area contributed by atoms with E-state index in [9.17, 15) is 0 Å². The molecule has 150 heavy (non-hydrogen) atoms. The van der Waals surface area contributed by atoms with Gasteiger partial charge in [-0.25, -0.2) is 0 Å². The summed E-state index contributed by atoms with van der Waals surface area (Å²) in [6, 6.07) is 32.7. The van der Waals surface area contributed by atoms with Gasteiger partial charge in [0.2, 0.25) is 0 Å². The first-order valence-electron chi connectivity index (χ1n) is 55.2.